The number of fused-ring (bicyclic) bond motifs is 1. The van der Waals surface area contributed by atoms with Crippen molar-refractivity contribution >= 4 is 5.69 Å². The lowest BCUT2D eigenvalue weighted by Gasteiger charge is -2.36. The van der Waals surface area contributed by atoms with E-state index in [2.05, 4.69) is 16.3 Å². The molecule has 0 spiro atoms. The van der Waals surface area contributed by atoms with Crippen molar-refractivity contribution in [2.24, 2.45) is 0 Å². The maximum atomic E-state index is 10.6. The van der Waals surface area contributed by atoms with Crippen LogP contribution in [-0.2, 0) is 16.1 Å². The van der Waals surface area contributed by atoms with Crippen molar-refractivity contribution in [2.75, 3.05) is 51.4 Å². The number of benzene rings is 2. The zero-order valence-corrected chi connectivity index (χ0v) is 18.0. The first-order chi connectivity index (χ1) is 15.2. The van der Waals surface area contributed by atoms with Gasteiger partial charge in [0, 0.05) is 39.3 Å². The van der Waals surface area contributed by atoms with Gasteiger partial charge in [-0.3, -0.25) is 0 Å². The summed E-state index contributed by atoms with van der Waals surface area (Å²) in [6.45, 7) is 4.87. The van der Waals surface area contributed by atoms with E-state index in [9.17, 15) is 10.2 Å². The van der Waals surface area contributed by atoms with Crippen molar-refractivity contribution in [3.05, 3.63) is 53.6 Å². The Hall–Kier alpha value is -2.32. The first-order valence-corrected chi connectivity index (χ1v) is 10.9. The molecule has 1 saturated heterocycles. The molecular formula is C24H32N2O5. The Labute approximate surface area is 183 Å². The third kappa shape index (κ3) is 5.30. The number of phenols is 1. The van der Waals surface area contributed by atoms with Gasteiger partial charge in [-0.05, 0) is 41.8 Å². The molecule has 31 heavy (non-hydrogen) atoms. The van der Waals surface area contributed by atoms with Gasteiger partial charge in [-0.2, -0.15) is 0 Å². The Morgan fingerprint density at radius 3 is 2.81 bits per heavy atom. The number of hydrogen-bond donors (Lipinski definition) is 3. The third-order valence-electron chi connectivity index (χ3n) is 6.02. The first kappa shape index (κ1) is 21.9. The van der Waals surface area contributed by atoms with Gasteiger partial charge in [0.2, 0.25) is 0 Å². The molecule has 3 N–H and O–H groups in total. The van der Waals surface area contributed by atoms with E-state index in [0.29, 0.717) is 26.3 Å². The molecule has 1 fully saturated rings. The number of aliphatic hydroxyl groups is 1. The molecule has 0 bridgehead atoms. The summed E-state index contributed by atoms with van der Waals surface area (Å²) in [4.78, 5) is 2.34. The van der Waals surface area contributed by atoms with Crippen LogP contribution in [0.25, 0.3) is 0 Å². The average molecular weight is 429 g/mol. The van der Waals surface area contributed by atoms with E-state index < -0.39 is 6.10 Å². The van der Waals surface area contributed by atoms with Gasteiger partial charge in [0.1, 0.15) is 18.1 Å². The first-order valence-electron chi connectivity index (χ1n) is 10.9. The molecule has 2 aromatic rings. The van der Waals surface area contributed by atoms with E-state index in [1.807, 2.05) is 24.3 Å². The van der Waals surface area contributed by atoms with Crippen molar-refractivity contribution in [3.63, 3.8) is 0 Å². The highest BCUT2D eigenvalue weighted by molar-refractivity contribution is 5.61. The van der Waals surface area contributed by atoms with Crippen molar-refractivity contribution in [2.45, 2.75) is 31.2 Å². The van der Waals surface area contributed by atoms with Crippen LogP contribution in [0.1, 0.15) is 23.5 Å². The fourth-order valence-electron chi connectivity index (χ4n) is 4.41. The lowest BCUT2D eigenvalue weighted by atomic mass is 9.85. The van der Waals surface area contributed by atoms with Crippen molar-refractivity contribution in [1.82, 2.24) is 5.32 Å². The van der Waals surface area contributed by atoms with E-state index in [-0.39, 0.29) is 17.8 Å². The summed E-state index contributed by atoms with van der Waals surface area (Å²) in [7, 11) is 1.73. The second-order valence-corrected chi connectivity index (χ2v) is 8.18. The predicted molar refractivity (Wildman–Crippen MR) is 119 cm³/mol. The number of aliphatic hydroxyl groups excluding tert-OH is 1. The summed E-state index contributed by atoms with van der Waals surface area (Å²) in [5.74, 6) is 0.980. The second-order valence-electron chi connectivity index (χ2n) is 8.18. The quantitative estimate of drug-likeness (QED) is 0.556. The number of hydrogen-bond acceptors (Lipinski definition) is 7. The Balaban J connectivity index is 1.45. The number of anilines is 1. The largest absolute Gasteiger partial charge is 0.508 e. The molecule has 0 aliphatic carbocycles. The molecule has 3 atom stereocenters. The molecule has 2 aliphatic rings. The molecule has 0 aromatic heterocycles. The normalized spacial score (nSPS) is 23.3. The topological polar surface area (TPSA) is 83.4 Å². The number of nitrogens with zero attached hydrogens (tertiary/aromatic N) is 1. The van der Waals surface area contributed by atoms with Gasteiger partial charge in [0.05, 0.1) is 31.0 Å². The van der Waals surface area contributed by atoms with Crippen molar-refractivity contribution < 1.29 is 24.4 Å². The summed E-state index contributed by atoms with van der Waals surface area (Å²) < 4.78 is 17.3. The van der Waals surface area contributed by atoms with Gasteiger partial charge < -0.3 is 34.6 Å². The highest BCUT2D eigenvalue weighted by Crippen LogP contribution is 2.34. The van der Waals surface area contributed by atoms with Crippen LogP contribution in [0.15, 0.2) is 42.5 Å². The Morgan fingerprint density at radius 2 is 2.00 bits per heavy atom. The van der Waals surface area contributed by atoms with Crippen LogP contribution in [0.4, 0.5) is 5.69 Å². The summed E-state index contributed by atoms with van der Waals surface area (Å²) in [6.07, 6.45) is 0.256. The second kappa shape index (κ2) is 10.3. The summed E-state index contributed by atoms with van der Waals surface area (Å²) in [5, 5.41) is 23.5. The van der Waals surface area contributed by atoms with Gasteiger partial charge in [-0.15, -0.1) is 0 Å². The summed E-state index contributed by atoms with van der Waals surface area (Å²) in [6, 6.07) is 13.2. The Kier molecular flexibility index (Phi) is 7.29. The van der Waals surface area contributed by atoms with Crippen LogP contribution >= 0.6 is 0 Å². The minimum atomic E-state index is -0.545. The van der Waals surface area contributed by atoms with Gasteiger partial charge in [-0.1, -0.05) is 18.2 Å². The zero-order valence-electron chi connectivity index (χ0n) is 18.0. The molecule has 2 aliphatic heterocycles. The predicted octanol–water partition coefficient (Wildman–Crippen LogP) is 2.26. The lowest BCUT2D eigenvalue weighted by molar-refractivity contribution is -0.0328. The number of phenolic OH excluding ortho intramolecular Hbond substituents is 1. The van der Waals surface area contributed by atoms with Gasteiger partial charge in [0.25, 0.3) is 0 Å². The molecule has 1 unspecified atom stereocenters. The van der Waals surface area contributed by atoms with E-state index in [4.69, 9.17) is 14.2 Å². The van der Waals surface area contributed by atoms with Gasteiger partial charge in [0.15, 0.2) is 0 Å². The van der Waals surface area contributed by atoms with E-state index in [0.717, 1.165) is 48.7 Å². The van der Waals surface area contributed by atoms with Crippen LogP contribution in [-0.4, -0.2) is 68.9 Å². The third-order valence-corrected chi connectivity index (χ3v) is 6.02. The van der Waals surface area contributed by atoms with E-state index in [1.54, 1.807) is 19.2 Å². The Morgan fingerprint density at radius 1 is 1.16 bits per heavy atom. The molecule has 7 nitrogen and oxygen atoms in total. The lowest BCUT2D eigenvalue weighted by Crippen LogP contribution is -2.49. The van der Waals surface area contributed by atoms with E-state index in [1.165, 1.54) is 0 Å². The maximum Gasteiger partial charge on any atom is 0.142 e. The van der Waals surface area contributed by atoms with Crippen molar-refractivity contribution in [3.8, 4) is 11.5 Å². The number of nitrogens with one attached hydrogen (secondary N) is 1. The van der Waals surface area contributed by atoms with Crippen LogP contribution in [0.2, 0.25) is 0 Å². The van der Waals surface area contributed by atoms with Gasteiger partial charge in [-0.25, -0.2) is 0 Å². The number of piperidine rings is 1. The minimum Gasteiger partial charge on any atom is -0.508 e. The molecule has 0 amide bonds. The minimum absolute atomic E-state index is 0.145. The molecular weight excluding hydrogens is 396 g/mol. The fraction of sp³-hybridized carbons (Fsp3) is 0.500. The number of rotatable bonds is 8. The maximum absolute atomic E-state index is 10.6. The smallest absolute Gasteiger partial charge is 0.142 e. The molecule has 0 saturated carbocycles. The highest BCUT2D eigenvalue weighted by atomic mass is 16.5. The number of aromatic hydroxyl groups is 1. The number of methoxy groups -OCH3 is 1. The summed E-state index contributed by atoms with van der Waals surface area (Å²) >= 11 is 0. The summed E-state index contributed by atoms with van der Waals surface area (Å²) in [5.41, 5.74) is 3.14. The SMILES string of the molecule is COCCCN1CCOc2ccc(COC3CNC[C@@H](O)[C@@H]3c3ccc(O)cc3)cc21. The average Bonchev–Trinajstić information content (AvgIpc) is 2.79. The standard InChI is InChI=1S/C24H32N2O5/c1-29-11-2-9-26-10-12-30-22-8-3-17(13-20(22)26)16-31-23-15-25-14-21(28)24(23)18-4-6-19(27)7-5-18/h3-8,13,21,23-25,27-28H,2,9-12,14-16H2,1H3/t21-,23?,24+/m1/s1. The molecule has 2 aromatic carbocycles. The van der Waals surface area contributed by atoms with Crippen LogP contribution in [0.5, 0.6) is 11.5 Å². The Bertz CT molecular complexity index is 844. The van der Waals surface area contributed by atoms with E-state index >= 15 is 0 Å². The van der Waals surface area contributed by atoms with Crippen LogP contribution in [0.3, 0.4) is 0 Å². The van der Waals surface area contributed by atoms with Crippen molar-refractivity contribution in [1.29, 1.82) is 0 Å². The number of β-amino-alcohol motifs (C(OH)–C–C–N with tert-alkyl or cyclic N) is 1. The van der Waals surface area contributed by atoms with Crippen LogP contribution in [0, 0.1) is 0 Å². The number of ether oxygens (including phenoxy) is 3. The fourth-order valence-corrected chi connectivity index (χ4v) is 4.41. The zero-order chi connectivity index (χ0) is 21.6. The van der Waals surface area contributed by atoms with Crippen LogP contribution < -0.4 is 15.0 Å². The highest BCUT2D eigenvalue weighted by Gasteiger charge is 2.34. The molecule has 0 radical (unpaired) electrons. The van der Waals surface area contributed by atoms with Gasteiger partial charge >= 0.3 is 0 Å². The molecule has 2 heterocycles. The monoisotopic (exact) mass is 428 g/mol. The molecule has 168 valence electrons. The molecule has 4 rings (SSSR count). The molecule has 7 heteroatoms.